The second-order valence-corrected chi connectivity index (χ2v) is 4.90. The second kappa shape index (κ2) is 4.16. The van der Waals surface area contributed by atoms with Gasteiger partial charge < -0.3 is 0 Å². The van der Waals surface area contributed by atoms with Crippen LogP contribution in [0.3, 0.4) is 0 Å². The molecule has 0 unspecified atom stereocenters. The normalized spacial score (nSPS) is 11.8. The van der Waals surface area contributed by atoms with Crippen LogP contribution in [0.1, 0.15) is 19.5 Å². The average Bonchev–Trinajstić information content (AvgIpc) is 2.02. The number of rotatable bonds is 2. The van der Waals surface area contributed by atoms with Crippen LogP contribution in [0.4, 0.5) is 0 Å². The van der Waals surface area contributed by atoms with Crippen molar-refractivity contribution in [2.24, 2.45) is 0 Å². The number of nitrogens with zero attached hydrogens (tertiary/aromatic N) is 1. The Kier molecular flexibility index (Phi) is 3.61. The first kappa shape index (κ1) is 11.3. The lowest BCUT2D eigenvalue weighted by Gasteiger charge is -2.21. The molecule has 13 heavy (non-hydrogen) atoms. The van der Waals surface area contributed by atoms with Crippen LogP contribution < -0.4 is 0 Å². The quantitative estimate of drug-likeness (QED) is 0.589. The summed E-state index contributed by atoms with van der Waals surface area (Å²) >= 11 is 15.1. The molecule has 0 atom stereocenters. The number of hydrogen-bond acceptors (Lipinski definition) is 1. The predicted octanol–water partition coefficient (Wildman–Crippen LogP) is 4.06. The van der Waals surface area contributed by atoms with E-state index in [0.717, 1.165) is 11.0 Å². The lowest BCUT2D eigenvalue weighted by molar-refractivity contribution is 0.584. The van der Waals surface area contributed by atoms with Gasteiger partial charge in [-0.05, 0) is 12.1 Å². The Morgan fingerprint density at radius 3 is 2.46 bits per heavy atom. The fraction of sp³-hybridized carbons (Fsp3) is 0.444. The summed E-state index contributed by atoms with van der Waals surface area (Å²) in [6.45, 7) is 4.16. The molecule has 0 amide bonds. The molecule has 0 spiro atoms. The molecule has 0 N–H and O–H groups in total. The first-order valence-electron chi connectivity index (χ1n) is 3.85. The monoisotopic (exact) mass is 281 g/mol. The van der Waals surface area contributed by atoms with E-state index in [1.165, 1.54) is 0 Å². The zero-order chi connectivity index (χ0) is 10.1. The van der Waals surface area contributed by atoms with Gasteiger partial charge in [0.25, 0.3) is 0 Å². The Bertz CT molecular complexity index is 292. The third-order valence-electron chi connectivity index (χ3n) is 1.79. The number of pyridine rings is 1. The summed E-state index contributed by atoms with van der Waals surface area (Å²) in [6.07, 6.45) is 0. The van der Waals surface area contributed by atoms with Crippen LogP contribution in [0.2, 0.25) is 10.2 Å². The molecule has 0 aliphatic rings. The average molecular weight is 283 g/mol. The van der Waals surface area contributed by atoms with Crippen molar-refractivity contribution in [3.05, 3.63) is 28.0 Å². The third kappa shape index (κ3) is 2.83. The van der Waals surface area contributed by atoms with Crippen molar-refractivity contribution in [1.29, 1.82) is 0 Å². The molecule has 0 fully saturated rings. The van der Waals surface area contributed by atoms with Crippen LogP contribution in [-0.2, 0) is 5.41 Å². The molecule has 1 aromatic heterocycles. The van der Waals surface area contributed by atoms with Crippen LogP contribution in [-0.4, -0.2) is 10.3 Å². The lowest BCUT2D eigenvalue weighted by atomic mass is 9.92. The van der Waals surface area contributed by atoms with Crippen molar-refractivity contribution >= 4 is 39.1 Å². The molecule has 0 saturated heterocycles. The summed E-state index contributed by atoms with van der Waals surface area (Å²) in [5.41, 5.74) is 0.857. The van der Waals surface area contributed by atoms with Crippen LogP contribution in [0.15, 0.2) is 12.1 Å². The number of halogens is 3. The van der Waals surface area contributed by atoms with Crippen molar-refractivity contribution < 1.29 is 0 Å². The maximum absolute atomic E-state index is 5.87. The van der Waals surface area contributed by atoms with Gasteiger partial charge in [-0.2, -0.15) is 0 Å². The van der Waals surface area contributed by atoms with Crippen molar-refractivity contribution in [2.75, 3.05) is 5.33 Å². The van der Waals surface area contributed by atoms with E-state index in [9.17, 15) is 0 Å². The van der Waals surface area contributed by atoms with E-state index in [0.29, 0.717) is 10.2 Å². The Morgan fingerprint density at radius 1 is 1.38 bits per heavy atom. The molecule has 0 aliphatic carbocycles. The van der Waals surface area contributed by atoms with E-state index >= 15 is 0 Å². The molecule has 0 saturated carbocycles. The van der Waals surface area contributed by atoms with Crippen LogP contribution in [0, 0.1) is 0 Å². The summed E-state index contributed by atoms with van der Waals surface area (Å²) in [4.78, 5) is 4.23. The molecular weight excluding hydrogens is 273 g/mol. The fourth-order valence-electron chi connectivity index (χ4n) is 0.881. The van der Waals surface area contributed by atoms with Crippen molar-refractivity contribution in [3.8, 4) is 0 Å². The van der Waals surface area contributed by atoms with E-state index < -0.39 is 0 Å². The molecule has 0 aromatic carbocycles. The minimum absolute atomic E-state index is 0.0471. The fourth-order valence-corrected chi connectivity index (χ4v) is 1.64. The van der Waals surface area contributed by atoms with Crippen molar-refractivity contribution in [1.82, 2.24) is 4.98 Å². The first-order valence-corrected chi connectivity index (χ1v) is 5.73. The lowest BCUT2D eigenvalue weighted by Crippen LogP contribution is -2.20. The van der Waals surface area contributed by atoms with Gasteiger partial charge in [-0.15, -0.1) is 0 Å². The van der Waals surface area contributed by atoms with Gasteiger partial charge in [0, 0.05) is 15.8 Å². The van der Waals surface area contributed by atoms with Gasteiger partial charge in [0.05, 0.1) is 5.69 Å². The Labute approximate surface area is 96.6 Å². The highest BCUT2D eigenvalue weighted by atomic mass is 79.9. The van der Waals surface area contributed by atoms with Crippen LogP contribution >= 0.6 is 39.1 Å². The van der Waals surface area contributed by atoms with Crippen molar-refractivity contribution in [2.45, 2.75) is 19.3 Å². The number of alkyl halides is 1. The minimum atomic E-state index is -0.0471. The van der Waals surface area contributed by atoms with Gasteiger partial charge in [0.1, 0.15) is 5.15 Å². The van der Waals surface area contributed by atoms with Gasteiger partial charge in [0.2, 0.25) is 0 Å². The molecule has 72 valence electrons. The van der Waals surface area contributed by atoms with Crippen LogP contribution in [0.5, 0.6) is 0 Å². The van der Waals surface area contributed by atoms with Gasteiger partial charge in [0.15, 0.2) is 0 Å². The van der Waals surface area contributed by atoms with Gasteiger partial charge in [-0.25, -0.2) is 4.98 Å². The summed E-state index contributed by atoms with van der Waals surface area (Å²) < 4.78 is 0. The molecule has 1 aromatic rings. The summed E-state index contributed by atoms with van der Waals surface area (Å²) in [5.74, 6) is 0. The molecule has 0 aliphatic heterocycles. The smallest absolute Gasteiger partial charge is 0.130 e. The largest absolute Gasteiger partial charge is 0.240 e. The van der Waals surface area contributed by atoms with E-state index in [1.54, 1.807) is 6.07 Å². The maximum Gasteiger partial charge on any atom is 0.130 e. The van der Waals surface area contributed by atoms with Crippen LogP contribution in [0.25, 0.3) is 0 Å². The summed E-state index contributed by atoms with van der Waals surface area (Å²) in [5, 5.41) is 1.89. The Morgan fingerprint density at radius 2 is 2.00 bits per heavy atom. The zero-order valence-corrected chi connectivity index (χ0v) is 10.5. The highest BCUT2D eigenvalue weighted by Gasteiger charge is 2.21. The highest BCUT2D eigenvalue weighted by Crippen LogP contribution is 2.27. The first-order chi connectivity index (χ1) is 5.95. The van der Waals surface area contributed by atoms with E-state index in [1.807, 2.05) is 6.07 Å². The van der Waals surface area contributed by atoms with E-state index in [-0.39, 0.29) is 5.41 Å². The third-order valence-corrected chi connectivity index (χ3v) is 3.60. The summed E-state index contributed by atoms with van der Waals surface area (Å²) in [7, 11) is 0. The minimum Gasteiger partial charge on any atom is -0.240 e. The highest BCUT2D eigenvalue weighted by molar-refractivity contribution is 9.09. The molecule has 1 heterocycles. The van der Waals surface area contributed by atoms with Gasteiger partial charge in [-0.3, -0.25) is 0 Å². The Hall–Kier alpha value is 0.210. The van der Waals surface area contributed by atoms with Crippen molar-refractivity contribution in [3.63, 3.8) is 0 Å². The Balaban J connectivity index is 3.15. The summed E-state index contributed by atoms with van der Waals surface area (Å²) in [6, 6.07) is 3.48. The molecule has 0 bridgehead atoms. The zero-order valence-electron chi connectivity index (χ0n) is 7.44. The predicted molar refractivity (Wildman–Crippen MR) is 61.1 cm³/mol. The van der Waals surface area contributed by atoms with Gasteiger partial charge in [-0.1, -0.05) is 53.0 Å². The maximum atomic E-state index is 5.87. The second-order valence-electron chi connectivity index (χ2n) is 3.51. The standard InChI is InChI=1S/C9H10BrCl2N/c1-9(2,5-10)7-3-6(11)4-8(12)13-7/h3-4H,5H2,1-2H3. The SMILES string of the molecule is CC(C)(CBr)c1cc(Cl)cc(Cl)n1. The number of aromatic nitrogens is 1. The topological polar surface area (TPSA) is 12.9 Å². The number of hydrogen-bond donors (Lipinski definition) is 0. The molecule has 1 rings (SSSR count). The molecule has 4 heteroatoms. The molecular formula is C9H10BrCl2N. The van der Waals surface area contributed by atoms with E-state index in [2.05, 4.69) is 34.8 Å². The van der Waals surface area contributed by atoms with Gasteiger partial charge >= 0.3 is 0 Å². The molecule has 0 radical (unpaired) electrons. The molecule has 1 nitrogen and oxygen atoms in total. The van der Waals surface area contributed by atoms with E-state index in [4.69, 9.17) is 23.2 Å².